The Morgan fingerprint density at radius 2 is 1.90 bits per heavy atom. The van der Waals surface area contributed by atoms with Gasteiger partial charge in [-0.15, -0.1) is 0 Å². The van der Waals surface area contributed by atoms with E-state index in [2.05, 4.69) is 15.9 Å². The molecule has 0 amide bonds. The molecule has 0 unspecified atom stereocenters. The Bertz CT molecular complexity index is 572. The monoisotopic (exact) mass is 335 g/mol. The van der Waals surface area contributed by atoms with Gasteiger partial charge in [0.15, 0.2) is 0 Å². The molecule has 106 valence electrons. The van der Waals surface area contributed by atoms with Crippen LogP contribution in [-0.2, 0) is 17.8 Å². The van der Waals surface area contributed by atoms with E-state index in [-0.39, 0.29) is 0 Å². The summed E-state index contributed by atoms with van der Waals surface area (Å²) in [6.45, 7) is 1.15. The fraction of sp³-hybridized carbons (Fsp3) is 0.250. The summed E-state index contributed by atoms with van der Waals surface area (Å²) >= 11 is 3.45. The summed E-state index contributed by atoms with van der Waals surface area (Å²) < 4.78 is 12.1. The first-order valence-corrected chi connectivity index (χ1v) is 7.23. The topological polar surface area (TPSA) is 44.5 Å². The second-order valence-electron chi connectivity index (χ2n) is 4.46. The van der Waals surface area contributed by atoms with Gasteiger partial charge in [0.05, 0.1) is 20.3 Å². The predicted octanol–water partition coefficient (Wildman–Crippen LogP) is 3.80. The van der Waals surface area contributed by atoms with Crippen LogP contribution in [0, 0.1) is 0 Å². The molecule has 0 saturated carbocycles. The number of hydrogen-bond acceptors (Lipinski definition) is 3. The third kappa shape index (κ3) is 3.99. The van der Waals surface area contributed by atoms with Gasteiger partial charge in [0.25, 0.3) is 0 Å². The molecular weight excluding hydrogens is 318 g/mol. The van der Waals surface area contributed by atoms with Crippen molar-refractivity contribution in [1.29, 1.82) is 0 Å². The summed E-state index contributed by atoms with van der Waals surface area (Å²) in [5, 5.41) is 0. The maximum Gasteiger partial charge on any atom is 0.124 e. The fourth-order valence-electron chi connectivity index (χ4n) is 1.99. The van der Waals surface area contributed by atoms with Gasteiger partial charge in [-0.25, -0.2) is 0 Å². The molecule has 0 aromatic heterocycles. The minimum atomic E-state index is 0.523. The average molecular weight is 336 g/mol. The lowest BCUT2D eigenvalue weighted by Crippen LogP contribution is -2.02. The standard InChI is InChI=1S/C16H18BrNO2/c1-19-16-7-6-14(17)10-13(16)11-20-9-8-12-4-2-3-5-15(12)18/h2-7,10H,8-9,11,18H2,1H3. The zero-order valence-corrected chi connectivity index (χ0v) is 13.0. The van der Waals surface area contributed by atoms with Crippen molar-refractivity contribution in [1.82, 2.24) is 0 Å². The van der Waals surface area contributed by atoms with Crippen LogP contribution in [0.25, 0.3) is 0 Å². The minimum Gasteiger partial charge on any atom is -0.496 e. The molecule has 2 rings (SSSR count). The molecule has 0 radical (unpaired) electrons. The molecule has 0 aliphatic heterocycles. The van der Waals surface area contributed by atoms with Crippen molar-refractivity contribution in [3.63, 3.8) is 0 Å². The third-order valence-corrected chi connectivity index (χ3v) is 3.56. The first-order valence-electron chi connectivity index (χ1n) is 6.44. The second-order valence-corrected chi connectivity index (χ2v) is 5.37. The highest BCUT2D eigenvalue weighted by Gasteiger charge is 2.04. The molecule has 2 N–H and O–H groups in total. The first kappa shape index (κ1) is 14.9. The number of hydrogen-bond donors (Lipinski definition) is 1. The first-order chi connectivity index (χ1) is 9.70. The lowest BCUT2D eigenvalue weighted by molar-refractivity contribution is 0.122. The second kappa shape index (κ2) is 7.31. The number of rotatable bonds is 6. The Hall–Kier alpha value is -1.52. The number of anilines is 1. The van der Waals surface area contributed by atoms with Crippen LogP contribution in [0.3, 0.4) is 0 Å². The Morgan fingerprint density at radius 1 is 1.10 bits per heavy atom. The van der Waals surface area contributed by atoms with Crippen LogP contribution in [0.4, 0.5) is 5.69 Å². The zero-order valence-electron chi connectivity index (χ0n) is 11.4. The highest BCUT2D eigenvalue weighted by molar-refractivity contribution is 9.10. The van der Waals surface area contributed by atoms with E-state index in [0.717, 1.165) is 33.5 Å². The Labute approximate surface area is 127 Å². The van der Waals surface area contributed by atoms with Gasteiger partial charge in [-0.05, 0) is 36.2 Å². The van der Waals surface area contributed by atoms with Gasteiger partial charge in [0, 0.05) is 15.7 Å². The Morgan fingerprint density at radius 3 is 2.65 bits per heavy atom. The van der Waals surface area contributed by atoms with Crippen LogP contribution in [0.5, 0.6) is 5.75 Å². The maximum atomic E-state index is 5.90. The molecule has 2 aromatic rings. The van der Waals surface area contributed by atoms with Crippen molar-refractivity contribution in [2.45, 2.75) is 13.0 Å². The van der Waals surface area contributed by atoms with Crippen LogP contribution in [0.2, 0.25) is 0 Å². The van der Waals surface area contributed by atoms with Gasteiger partial charge in [0.1, 0.15) is 5.75 Å². The van der Waals surface area contributed by atoms with Gasteiger partial charge >= 0.3 is 0 Å². The average Bonchev–Trinajstić information content (AvgIpc) is 2.45. The van der Waals surface area contributed by atoms with E-state index in [0.29, 0.717) is 13.2 Å². The number of halogens is 1. The molecule has 0 atom stereocenters. The summed E-state index contributed by atoms with van der Waals surface area (Å²) in [5.74, 6) is 0.840. The van der Waals surface area contributed by atoms with Gasteiger partial charge < -0.3 is 15.2 Å². The van der Waals surface area contributed by atoms with E-state index in [9.17, 15) is 0 Å². The van der Waals surface area contributed by atoms with Crippen LogP contribution in [0.15, 0.2) is 46.9 Å². The molecule has 4 heteroatoms. The molecule has 0 saturated heterocycles. The lowest BCUT2D eigenvalue weighted by Gasteiger charge is -2.10. The number of nitrogen functional groups attached to an aromatic ring is 1. The molecule has 0 bridgehead atoms. The highest BCUT2D eigenvalue weighted by Crippen LogP contribution is 2.23. The summed E-state index contributed by atoms with van der Waals surface area (Å²) in [6, 6.07) is 13.8. The molecule has 2 aromatic carbocycles. The molecule has 0 aliphatic carbocycles. The molecule has 0 aliphatic rings. The minimum absolute atomic E-state index is 0.523. The van der Waals surface area contributed by atoms with Gasteiger partial charge in [-0.2, -0.15) is 0 Å². The number of methoxy groups -OCH3 is 1. The molecular formula is C16H18BrNO2. The normalized spacial score (nSPS) is 10.5. The van der Waals surface area contributed by atoms with Crippen molar-refractivity contribution >= 4 is 21.6 Å². The summed E-state index contributed by atoms with van der Waals surface area (Å²) in [4.78, 5) is 0. The van der Waals surface area contributed by atoms with E-state index in [1.165, 1.54) is 0 Å². The molecule has 0 heterocycles. The van der Waals surface area contributed by atoms with Crippen LogP contribution in [-0.4, -0.2) is 13.7 Å². The zero-order chi connectivity index (χ0) is 14.4. The van der Waals surface area contributed by atoms with E-state index in [4.69, 9.17) is 15.2 Å². The van der Waals surface area contributed by atoms with Gasteiger partial charge in [-0.1, -0.05) is 34.1 Å². The van der Waals surface area contributed by atoms with E-state index >= 15 is 0 Å². The highest BCUT2D eigenvalue weighted by atomic mass is 79.9. The largest absolute Gasteiger partial charge is 0.496 e. The van der Waals surface area contributed by atoms with Crippen molar-refractivity contribution in [2.75, 3.05) is 19.5 Å². The number of benzene rings is 2. The Kier molecular flexibility index (Phi) is 5.44. The number of ether oxygens (including phenoxy) is 2. The van der Waals surface area contributed by atoms with Crippen LogP contribution < -0.4 is 10.5 Å². The maximum absolute atomic E-state index is 5.90. The van der Waals surface area contributed by atoms with Crippen molar-refractivity contribution < 1.29 is 9.47 Å². The summed E-state index contributed by atoms with van der Waals surface area (Å²) in [5.41, 5.74) is 8.86. The quantitative estimate of drug-likeness (QED) is 0.645. The number of nitrogens with two attached hydrogens (primary N) is 1. The SMILES string of the molecule is COc1ccc(Br)cc1COCCc1ccccc1N. The third-order valence-electron chi connectivity index (χ3n) is 3.07. The Balaban J connectivity index is 1.87. The van der Waals surface area contributed by atoms with Gasteiger partial charge in [-0.3, -0.25) is 0 Å². The van der Waals surface area contributed by atoms with E-state index in [1.54, 1.807) is 7.11 Å². The summed E-state index contributed by atoms with van der Waals surface area (Å²) in [7, 11) is 1.66. The number of para-hydroxylation sites is 1. The van der Waals surface area contributed by atoms with Crippen molar-refractivity contribution in [3.8, 4) is 5.75 Å². The lowest BCUT2D eigenvalue weighted by atomic mass is 10.1. The molecule has 0 fully saturated rings. The fourth-order valence-corrected chi connectivity index (χ4v) is 2.39. The molecule has 0 spiro atoms. The van der Waals surface area contributed by atoms with Gasteiger partial charge in [0.2, 0.25) is 0 Å². The smallest absolute Gasteiger partial charge is 0.124 e. The van der Waals surface area contributed by atoms with E-state index in [1.807, 2.05) is 42.5 Å². The predicted molar refractivity (Wildman–Crippen MR) is 84.9 cm³/mol. The van der Waals surface area contributed by atoms with Crippen LogP contribution >= 0.6 is 15.9 Å². The van der Waals surface area contributed by atoms with Crippen LogP contribution in [0.1, 0.15) is 11.1 Å². The molecule has 20 heavy (non-hydrogen) atoms. The van der Waals surface area contributed by atoms with Crippen molar-refractivity contribution in [3.05, 3.63) is 58.1 Å². The summed E-state index contributed by atoms with van der Waals surface area (Å²) in [6.07, 6.45) is 0.809. The molecule has 3 nitrogen and oxygen atoms in total. The van der Waals surface area contributed by atoms with Crippen molar-refractivity contribution in [2.24, 2.45) is 0 Å². The van der Waals surface area contributed by atoms with E-state index < -0.39 is 0 Å².